The largest absolute Gasteiger partial charge is 0.507 e. The number of allylic oxidation sites excluding steroid dienone is 1. The summed E-state index contributed by atoms with van der Waals surface area (Å²) in [6.07, 6.45) is 4.54. The van der Waals surface area contributed by atoms with E-state index in [2.05, 4.69) is 15.0 Å². The van der Waals surface area contributed by atoms with Gasteiger partial charge in [-0.3, -0.25) is 4.79 Å². The van der Waals surface area contributed by atoms with E-state index >= 15 is 0 Å². The second kappa shape index (κ2) is 4.97. The van der Waals surface area contributed by atoms with Gasteiger partial charge in [0.1, 0.15) is 5.75 Å². The molecule has 2 heterocycles. The molecule has 3 rings (SSSR count). The number of carbonyl (C=O) groups is 1. The molecule has 5 nitrogen and oxygen atoms in total. The minimum absolute atomic E-state index is 0.128. The topological polar surface area (TPSA) is 78.9 Å². The predicted molar refractivity (Wildman–Crippen MR) is 75.4 cm³/mol. The van der Waals surface area contributed by atoms with Crippen LogP contribution in [0.3, 0.4) is 0 Å². The van der Waals surface area contributed by atoms with Gasteiger partial charge in [-0.15, -0.1) is 0 Å². The van der Waals surface area contributed by atoms with Gasteiger partial charge in [0.25, 0.3) is 0 Å². The second-order valence-corrected chi connectivity index (χ2v) is 4.22. The highest BCUT2D eigenvalue weighted by Gasteiger charge is 2.09. The maximum atomic E-state index is 12.0. The Morgan fingerprint density at radius 3 is 2.85 bits per heavy atom. The maximum Gasteiger partial charge on any atom is 0.221 e. The van der Waals surface area contributed by atoms with E-state index in [9.17, 15) is 9.90 Å². The molecular weight excluding hydrogens is 254 g/mol. The number of aromatic hydroxyl groups is 1. The SMILES string of the molecule is O=C(/C=C/c1ccccc1O)c1nc2ncccc2[nH]1. The number of rotatable bonds is 3. The number of pyridine rings is 1. The second-order valence-electron chi connectivity index (χ2n) is 4.22. The normalized spacial score (nSPS) is 11.2. The van der Waals surface area contributed by atoms with Crippen molar-refractivity contribution in [3.63, 3.8) is 0 Å². The van der Waals surface area contributed by atoms with Crippen molar-refractivity contribution < 1.29 is 9.90 Å². The molecule has 0 fully saturated rings. The number of hydrogen-bond donors (Lipinski definition) is 2. The molecule has 0 saturated carbocycles. The monoisotopic (exact) mass is 265 g/mol. The number of fused-ring (bicyclic) bond motifs is 1. The van der Waals surface area contributed by atoms with Gasteiger partial charge in [-0.1, -0.05) is 18.2 Å². The number of nitrogens with zero attached hydrogens (tertiary/aromatic N) is 2. The molecule has 0 aliphatic carbocycles. The molecule has 1 aromatic carbocycles. The van der Waals surface area contributed by atoms with Crippen molar-refractivity contribution >= 4 is 23.0 Å². The fourth-order valence-corrected chi connectivity index (χ4v) is 1.83. The maximum absolute atomic E-state index is 12.0. The van der Waals surface area contributed by atoms with E-state index in [0.717, 1.165) is 0 Å². The van der Waals surface area contributed by atoms with Crippen LogP contribution in [-0.2, 0) is 0 Å². The number of ketones is 1. The smallest absolute Gasteiger partial charge is 0.221 e. The Labute approximate surface area is 114 Å². The van der Waals surface area contributed by atoms with Crippen LogP contribution in [0, 0.1) is 0 Å². The summed E-state index contributed by atoms with van der Waals surface area (Å²) in [5.74, 6) is 0.0828. The first-order valence-corrected chi connectivity index (χ1v) is 6.05. The Morgan fingerprint density at radius 2 is 2.05 bits per heavy atom. The van der Waals surface area contributed by atoms with Gasteiger partial charge in [0.15, 0.2) is 11.5 Å². The minimum atomic E-state index is -0.272. The number of nitrogens with one attached hydrogen (secondary N) is 1. The molecule has 0 spiro atoms. The number of aromatic nitrogens is 3. The molecule has 0 bridgehead atoms. The van der Waals surface area contributed by atoms with Crippen molar-refractivity contribution in [1.82, 2.24) is 15.0 Å². The number of para-hydroxylation sites is 1. The number of carbonyl (C=O) groups excluding carboxylic acids is 1. The summed E-state index contributed by atoms with van der Waals surface area (Å²) >= 11 is 0. The lowest BCUT2D eigenvalue weighted by molar-refractivity contribution is 0.103. The van der Waals surface area contributed by atoms with Gasteiger partial charge in [-0.2, -0.15) is 0 Å². The highest BCUT2D eigenvalue weighted by atomic mass is 16.3. The third-order valence-corrected chi connectivity index (χ3v) is 2.84. The lowest BCUT2D eigenvalue weighted by atomic mass is 10.1. The van der Waals surface area contributed by atoms with Crippen molar-refractivity contribution in [2.45, 2.75) is 0 Å². The zero-order valence-electron chi connectivity index (χ0n) is 10.4. The molecule has 0 aliphatic heterocycles. The number of hydrogen-bond acceptors (Lipinski definition) is 4. The van der Waals surface area contributed by atoms with Crippen LogP contribution >= 0.6 is 0 Å². The van der Waals surface area contributed by atoms with Crippen molar-refractivity contribution in [3.05, 3.63) is 60.1 Å². The van der Waals surface area contributed by atoms with Crippen LogP contribution in [0.1, 0.15) is 16.2 Å². The average Bonchev–Trinajstić information content (AvgIpc) is 2.90. The minimum Gasteiger partial charge on any atom is -0.507 e. The summed E-state index contributed by atoms with van der Waals surface area (Å²) in [5.41, 5.74) is 1.80. The van der Waals surface area contributed by atoms with E-state index in [1.165, 1.54) is 6.08 Å². The van der Waals surface area contributed by atoms with Gasteiger partial charge in [-0.25, -0.2) is 9.97 Å². The molecule has 98 valence electrons. The van der Waals surface area contributed by atoms with Gasteiger partial charge < -0.3 is 10.1 Å². The van der Waals surface area contributed by atoms with Gasteiger partial charge in [0, 0.05) is 11.8 Å². The van der Waals surface area contributed by atoms with Crippen molar-refractivity contribution in [1.29, 1.82) is 0 Å². The van der Waals surface area contributed by atoms with Crippen LogP contribution < -0.4 is 0 Å². The Hall–Kier alpha value is -2.95. The number of benzene rings is 1. The third-order valence-electron chi connectivity index (χ3n) is 2.84. The van der Waals surface area contributed by atoms with Crippen molar-refractivity contribution in [2.24, 2.45) is 0 Å². The first-order valence-electron chi connectivity index (χ1n) is 6.05. The Bertz CT molecular complexity index is 772. The first-order chi connectivity index (χ1) is 9.74. The van der Waals surface area contributed by atoms with Crippen LogP contribution in [0.4, 0.5) is 0 Å². The molecule has 20 heavy (non-hydrogen) atoms. The number of imidazole rings is 1. The van der Waals surface area contributed by atoms with E-state index in [0.29, 0.717) is 16.7 Å². The summed E-state index contributed by atoms with van der Waals surface area (Å²) in [7, 11) is 0. The molecule has 2 N–H and O–H groups in total. The lowest BCUT2D eigenvalue weighted by Gasteiger charge is -1.96. The molecule has 0 radical (unpaired) electrons. The van der Waals surface area contributed by atoms with Crippen LogP contribution in [0.5, 0.6) is 5.75 Å². The molecule has 0 atom stereocenters. The standard InChI is InChI=1S/C15H11N3O2/c19-12-6-2-1-4-10(12)7-8-13(20)15-17-11-5-3-9-16-14(11)18-15/h1-9,19H,(H,16,17,18)/b8-7+. The quantitative estimate of drug-likeness (QED) is 0.563. The van der Waals surface area contributed by atoms with Crippen molar-refractivity contribution in [3.8, 4) is 5.75 Å². The summed E-state index contributed by atoms with van der Waals surface area (Å²) in [6, 6.07) is 10.4. The number of phenolic OH excluding ortho intramolecular Hbond substituents is 1. The van der Waals surface area contributed by atoms with E-state index < -0.39 is 0 Å². The number of phenols is 1. The molecule has 0 unspecified atom stereocenters. The molecule has 0 amide bonds. The van der Waals surface area contributed by atoms with Crippen LogP contribution in [0.15, 0.2) is 48.7 Å². The molecule has 5 heteroatoms. The average molecular weight is 265 g/mol. The third kappa shape index (κ3) is 2.29. The summed E-state index contributed by atoms with van der Waals surface area (Å²) in [6.45, 7) is 0. The van der Waals surface area contributed by atoms with E-state index in [-0.39, 0.29) is 17.4 Å². The van der Waals surface area contributed by atoms with Gasteiger partial charge in [-0.05, 0) is 30.4 Å². The highest BCUT2D eigenvalue weighted by molar-refractivity contribution is 6.05. The fourth-order valence-electron chi connectivity index (χ4n) is 1.83. The van der Waals surface area contributed by atoms with E-state index in [4.69, 9.17) is 0 Å². The molecule has 3 aromatic rings. The first kappa shape index (κ1) is 12.1. The summed E-state index contributed by atoms with van der Waals surface area (Å²) < 4.78 is 0. The zero-order valence-corrected chi connectivity index (χ0v) is 10.4. The predicted octanol–water partition coefficient (Wildman–Crippen LogP) is 2.56. The lowest BCUT2D eigenvalue weighted by Crippen LogP contribution is -1.96. The Morgan fingerprint density at radius 1 is 1.20 bits per heavy atom. The number of aromatic amines is 1. The number of H-pyrrole nitrogens is 1. The zero-order chi connectivity index (χ0) is 13.9. The summed E-state index contributed by atoms with van der Waals surface area (Å²) in [4.78, 5) is 23.1. The van der Waals surface area contributed by atoms with Gasteiger partial charge >= 0.3 is 0 Å². The van der Waals surface area contributed by atoms with E-state index in [1.807, 2.05) is 0 Å². The fraction of sp³-hybridized carbons (Fsp3) is 0. The molecular formula is C15H11N3O2. The van der Waals surface area contributed by atoms with Crippen LogP contribution in [0.2, 0.25) is 0 Å². The highest BCUT2D eigenvalue weighted by Crippen LogP contribution is 2.17. The van der Waals surface area contributed by atoms with Gasteiger partial charge in [0.05, 0.1) is 5.52 Å². The molecule has 0 saturated heterocycles. The van der Waals surface area contributed by atoms with Crippen molar-refractivity contribution in [2.75, 3.05) is 0 Å². The van der Waals surface area contributed by atoms with Crippen LogP contribution in [-0.4, -0.2) is 25.8 Å². The van der Waals surface area contributed by atoms with Crippen LogP contribution in [0.25, 0.3) is 17.2 Å². The van der Waals surface area contributed by atoms with E-state index in [1.54, 1.807) is 48.7 Å². The Balaban J connectivity index is 1.88. The molecule has 0 aliphatic rings. The molecule has 2 aromatic heterocycles. The van der Waals surface area contributed by atoms with Gasteiger partial charge in [0.2, 0.25) is 5.78 Å². The Kier molecular flexibility index (Phi) is 3.01. The summed E-state index contributed by atoms with van der Waals surface area (Å²) in [5, 5.41) is 9.61.